The molecule has 8 nitrogen and oxygen atoms in total. The minimum absolute atomic E-state index is 0.0113. The molecule has 1 saturated heterocycles. The first-order valence-corrected chi connectivity index (χ1v) is 10.7. The molecule has 27 heavy (non-hydrogen) atoms. The second-order valence-electron chi connectivity index (χ2n) is 6.84. The number of sulfonamides is 1. The second-order valence-corrected chi connectivity index (χ2v) is 8.81. The van der Waals surface area contributed by atoms with Gasteiger partial charge in [-0.15, -0.1) is 10.2 Å². The molecule has 2 aromatic rings. The highest BCUT2D eigenvalue weighted by Gasteiger charge is 2.28. The van der Waals surface area contributed by atoms with E-state index < -0.39 is 10.0 Å². The van der Waals surface area contributed by atoms with Crippen molar-refractivity contribution in [1.29, 1.82) is 0 Å². The Labute approximate surface area is 159 Å². The fourth-order valence-electron chi connectivity index (χ4n) is 3.18. The van der Waals surface area contributed by atoms with Gasteiger partial charge in [0.2, 0.25) is 15.9 Å². The first kappa shape index (κ1) is 19.5. The van der Waals surface area contributed by atoms with E-state index >= 15 is 0 Å². The number of carbonyl (C=O) groups excluding carboxylic acids is 1. The third-order valence-electron chi connectivity index (χ3n) is 4.81. The Hall–Kier alpha value is -2.26. The molecule has 2 heterocycles. The van der Waals surface area contributed by atoms with Crippen molar-refractivity contribution in [2.24, 2.45) is 5.92 Å². The van der Waals surface area contributed by atoms with Crippen LogP contribution in [0, 0.1) is 5.92 Å². The van der Waals surface area contributed by atoms with Crippen molar-refractivity contribution in [3.63, 3.8) is 0 Å². The molecule has 0 spiro atoms. The Morgan fingerprint density at radius 2 is 1.78 bits per heavy atom. The van der Waals surface area contributed by atoms with Crippen LogP contribution in [0.15, 0.2) is 43.0 Å². The maximum atomic E-state index is 12.6. The average Bonchev–Trinajstić information content (AvgIpc) is 3.19. The molecule has 1 aliphatic heterocycles. The van der Waals surface area contributed by atoms with Gasteiger partial charge in [-0.25, -0.2) is 12.7 Å². The minimum atomic E-state index is -3.29. The van der Waals surface area contributed by atoms with Crippen molar-refractivity contribution in [2.45, 2.75) is 31.6 Å². The van der Waals surface area contributed by atoms with Crippen molar-refractivity contribution in [2.75, 3.05) is 19.6 Å². The number of carbonyl (C=O) groups is 1. The van der Waals surface area contributed by atoms with E-state index in [1.807, 2.05) is 30.3 Å². The topological polar surface area (TPSA) is 97.2 Å². The molecular formula is C18H25N5O3S. The number of piperidine rings is 1. The predicted molar refractivity (Wildman–Crippen MR) is 101 cm³/mol. The summed E-state index contributed by atoms with van der Waals surface area (Å²) >= 11 is 0. The normalized spacial score (nSPS) is 16.3. The number of rotatable bonds is 8. The predicted octanol–water partition coefficient (Wildman–Crippen LogP) is 1.03. The van der Waals surface area contributed by atoms with E-state index in [0.29, 0.717) is 38.5 Å². The Morgan fingerprint density at radius 1 is 1.11 bits per heavy atom. The number of nitrogens with zero attached hydrogens (tertiary/aromatic N) is 4. The Morgan fingerprint density at radius 3 is 2.44 bits per heavy atom. The smallest absolute Gasteiger partial charge is 0.221 e. The highest BCUT2D eigenvalue weighted by Crippen LogP contribution is 2.21. The number of aryl methyl sites for hydroxylation is 1. The fourth-order valence-corrected chi connectivity index (χ4v) is 4.75. The highest BCUT2D eigenvalue weighted by atomic mass is 32.2. The summed E-state index contributed by atoms with van der Waals surface area (Å²) in [7, 11) is -3.29. The van der Waals surface area contributed by atoms with E-state index in [2.05, 4.69) is 15.5 Å². The third kappa shape index (κ3) is 5.86. The summed E-state index contributed by atoms with van der Waals surface area (Å²) in [4.78, 5) is 11.9. The molecule has 0 atom stereocenters. The maximum absolute atomic E-state index is 12.6. The zero-order chi connectivity index (χ0) is 19.1. The Bertz CT molecular complexity index is 816. The summed E-state index contributed by atoms with van der Waals surface area (Å²) in [6, 6.07) is 9.24. The van der Waals surface area contributed by atoms with E-state index in [1.54, 1.807) is 21.5 Å². The molecule has 0 radical (unpaired) electrons. The van der Waals surface area contributed by atoms with Crippen LogP contribution in [0.4, 0.5) is 0 Å². The molecule has 0 saturated carbocycles. The minimum Gasteiger partial charge on any atom is -0.356 e. The van der Waals surface area contributed by atoms with Crippen LogP contribution in [-0.4, -0.2) is 53.0 Å². The average molecular weight is 391 g/mol. The lowest BCUT2D eigenvalue weighted by molar-refractivity contribution is -0.121. The molecule has 1 aliphatic rings. The number of hydrogen-bond acceptors (Lipinski definition) is 5. The maximum Gasteiger partial charge on any atom is 0.221 e. The van der Waals surface area contributed by atoms with Gasteiger partial charge in [-0.3, -0.25) is 4.79 Å². The standard InChI is InChI=1S/C18H25N5O3S/c24-18(8-9-22-14-20-21-15-22)19-12-16-6-10-23(11-7-16)27(25,26)13-17-4-2-1-3-5-17/h1-5,14-16H,6-13H2,(H,19,24). The van der Waals surface area contributed by atoms with Gasteiger partial charge in [-0.1, -0.05) is 30.3 Å². The molecular weight excluding hydrogens is 366 g/mol. The number of benzene rings is 1. The van der Waals surface area contributed by atoms with Crippen molar-refractivity contribution < 1.29 is 13.2 Å². The molecule has 0 unspecified atom stereocenters. The molecule has 0 aliphatic carbocycles. The van der Waals surface area contributed by atoms with Gasteiger partial charge in [0.1, 0.15) is 12.7 Å². The van der Waals surface area contributed by atoms with Gasteiger partial charge < -0.3 is 9.88 Å². The van der Waals surface area contributed by atoms with Crippen molar-refractivity contribution >= 4 is 15.9 Å². The molecule has 0 bridgehead atoms. The summed E-state index contributed by atoms with van der Waals surface area (Å²) in [5.74, 6) is 0.341. The highest BCUT2D eigenvalue weighted by molar-refractivity contribution is 7.88. The van der Waals surface area contributed by atoms with E-state index in [0.717, 1.165) is 18.4 Å². The first-order valence-electron chi connectivity index (χ1n) is 9.14. The summed E-state index contributed by atoms with van der Waals surface area (Å²) in [5.41, 5.74) is 0.806. The summed E-state index contributed by atoms with van der Waals surface area (Å²) in [6.07, 6.45) is 5.07. The van der Waals surface area contributed by atoms with Gasteiger partial charge >= 0.3 is 0 Å². The Kier molecular flexibility index (Phi) is 6.57. The summed E-state index contributed by atoms with van der Waals surface area (Å²) in [5, 5.41) is 10.3. The number of aromatic nitrogens is 3. The SMILES string of the molecule is O=C(CCn1cnnc1)NCC1CCN(S(=O)(=O)Cc2ccccc2)CC1. The Balaban J connectivity index is 1.38. The summed E-state index contributed by atoms with van der Waals surface area (Å²) < 4.78 is 28.5. The van der Waals surface area contributed by atoms with E-state index in [4.69, 9.17) is 0 Å². The van der Waals surface area contributed by atoms with Gasteiger partial charge in [0.15, 0.2) is 0 Å². The quantitative estimate of drug-likeness (QED) is 0.725. The molecule has 146 valence electrons. The van der Waals surface area contributed by atoms with Crippen molar-refractivity contribution in [3.05, 3.63) is 48.5 Å². The molecule has 1 amide bonds. The van der Waals surface area contributed by atoms with Crippen LogP contribution in [-0.2, 0) is 27.1 Å². The van der Waals surface area contributed by atoms with Gasteiger partial charge in [-0.05, 0) is 24.3 Å². The molecule has 1 aromatic heterocycles. The fraction of sp³-hybridized carbons (Fsp3) is 0.500. The van der Waals surface area contributed by atoms with Crippen LogP contribution in [0.2, 0.25) is 0 Å². The van der Waals surface area contributed by atoms with E-state index in [1.165, 1.54) is 0 Å². The van der Waals surface area contributed by atoms with Crippen LogP contribution in [0.1, 0.15) is 24.8 Å². The molecule has 9 heteroatoms. The van der Waals surface area contributed by atoms with Gasteiger partial charge in [0.25, 0.3) is 0 Å². The molecule has 1 fully saturated rings. The monoisotopic (exact) mass is 391 g/mol. The van der Waals surface area contributed by atoms with Gasteiger partial charge in [0.05, 0.1) is 5.75 Å². The van der Waals surface area contributed by atoms with Crippen LogP contribution >= 0.6 is 0 Å². The number of nitrogens with one attached hydrogen (secondary N) is 1. The van der Waals surface area contributed by atoms with Crippen LogP contribution < -0.4 is 5.32 Å². The zero-order valence-corrected chi connectivity index (χ0v) is 16.0. The lowest BCUT2D eigenvalue weighted by atomic mass is 9.98. The first-order chi connectivity index (χ1) is 13.0. The van der Waals surface area contributed by atoms with Gasteiger partial charge in [-0.2, -0.15) is 0 Å². The number of amides is 1. The van der Waals surface area contributed by atoms with Crippen LogP contribution in [0.3, 0.4) is 0 Å². The van der Waals surface area contributed by atoms with Gasteiger partial charge in [0, 0.05) is 32.6 Å². The lowest BCUT2D eigenvalue weighted by Crippen LogP contribution is -2.42. The van der Waals surface area contributed by atoms with Crippen LogP contribution in [0.5, 0.6) is 0 Å². The molecule has 1 aromatic carbocycles. The summed E-state index contributed by atoms with van der Waals surface area (Å²) in [6.45, 7) is 2.16. The third-order valence-corrected chi connectivity index (χ3v) is 6.66. The van der Waals surface area contributed by atoms with E-state index in [9.17, 15) is 13.2 Å². The van der Waals surface area contributed by atoms with Crippen molar-refractivity contribution in [1.82, 2.24) is 24.4 Å². The molecule has 1 N–H and O–H groups in total. The second kappa shape index (κ2) is 9.09. The van der Waals surface area contributed by atoms with E-state index in [-0.39, 0.29) is 11.7 Å². The van der Waals surface area contributed by atoms with Crippen molar-refractivity contribution in [3.8, 4) is 0 Å². The molecule has 3 rings (SSSR count). The zero-order valence-electron chi connectivity index (χ0n) is 15.2. The lowest BCUT2D eigenvalue weighted by Gasteiger charge is -2.31. The largest absolute Gasteiger partial charge is 0.356 e. The van der Waals surface area contributed by atoms with Crippen LogP contribution in [0.25, 0.3) is 0 Å². The number of hydrogen-bond donors (Lipinski definition) is 1.